The summed E-state index contributed by atoms with van der Waals surface area (Å²) in [4.78, 5) is 42.9. The number of esters is 2. The van der Waals surface area contributed by atoms with Gasteiger partial charge in [-0.05, 0) is 38.5 Å². The van der Waals surface area contributed by atoms with Gasteiger partial charge < -0.3 is 19.3 Å². The van der Waals surface area contributed by atoms with E-state index >= 15 is 0 Å². The van der Waals surface area contributed by atoms with Gasteiger partial charge in [0.05, 0.1) is 6.61 Å². The van der Waals surface area contributed by atoms with Crippen LogP contribution in [0.2, 0.25) is 0 Å². The van der Waals surface area contributed by atoms with Crippen molar-refractivity contribution in [2.45, 2.75) is 232 Å². The van der Waals surface area contributed by atoms with E-state index in [1.807, 2.05) is 0 Å². The number of unbranched alkanes of at least 4 members (excludes halogenated alkanes) is 28. The van der Waals surface area contributed by atoms with Gasteiger partial charge in [0.25, 0.3) is 0 Å². The molecule has 0 fully saturated rings. The topological polar surface area (TPSA) is 119 Å². The molecule has 302 valence electrons. The molecule has 51 heavy (non-hydrogen) atoms. The Hall–Kier alpha value is -1.21. The maximum absolute atomic E-state index is 12.4. The molecule has 0 heterocycles. The lowest BCUT2D eigenvalue weighted by molar-refractivity contribution is -0.161. The molecule has 0 aliphatic rings. The van der Waals surface area contributed by atoms with E-state index in [2.05, 4.69) is 30.5 Å². The van der Waals surface area contributed by atoms with Gasteiger partial charge >= 0.3 is 19.8 Å². The SMILES string of the molecule is CCCCCCCC/C=C/CCCCCCCCCC(=O)OC[C@H](COP(=O)(O)O)OC(=O)CCCCCCCCCCCCCCCCCC. The first kappa shape index (κ1) is 49.8. The van der Waals surface area contributed by atoms with Gasteiger partial charge in [0, 0.05) is 12.8 Å². The molecule has 0 rings (SSSR count). The van der Waals surface area contributed by atoms with E-state index in [0.717, 1.165) is 44.9 Å². The smallest absolute Gasteiger partial charge is 0.462 e. The highest BCUT2D eigenvalue weighted by atomic mass is 31.2. The van der Waals surface area contributed by atoms with Crippen LogP contribution in [0.25, 0.3) is 0 Å². The predicted octanol–water partition coefficient (Wildman–Crippen LogP) is 13.0. The van der Waals surface area contributed by atoms with Crippen LogP contribution in [0.4, 0.5) is 0 Å². The Morgan fingerprint density at radius 3 is 1.20 bits per heavy atom. The molecule has 0 aromatic heterocycles. The first-order chi connectivity index (χ1) is 24.8. The molecule has 0 unspecified atom stereocenters. The van der Waals surface area contributed by atoms with Crippen molar-refractivity contribution >= 4 is 19.8 Å². The van der Waals surface area contributed by atoms with E-state index in [0.29, 0.717) is 6.42 Å². The monoisotopic (exact) mass is 745 g/mol. The third-order valence-electron chi connectivity index (χ3n) is 9.53. The summed E-state index contributed by atoms with van der Waals surface area (Å²) in [5.41, 5.74) is 0. The molecular weight excluding hydrogens is 663 g/mol. The highest BCUT2D eigenvalue weighted by molar-refractivity contribution is 7.46. The van der Waals surface area contributed by atoms with Crippen LogP contribution in [0.1, 0.15) is 226 Å². The number of hydrogen-bond acceptors (Lipinski definition) is 6. The van der Waals surface area contributed by atoms with Crippen LogP contribution >= 0.6 is 7.82 Å². The predicted molar refractivity (Wildman–Crippen MR) is 212 cm³/mol. The second-order valence-corrected chi connectivity index (χ2v) is 15.9. The number of hydrogen-bond donors (Lipinski definition) is 2. The molecule has 0 saturated carbocycles. The highest BCUT2D eigenvalue weighted by Crippen LogP contribution is 2.36. The van der Waals surface area contributed by atoms with Gasteiger partial charge in [-0.1, -0.05) is 187 Å². The molecule has 0 amide bonds. The molecule has 2 N–H and O–H groups in total. The van der Waals surface area contributed by atoms with Crippen LogP contribution < -0.4 is 0 Å². The van der Waals surface area contributed by atoms with Gasteiger partial charge in [0.1, 0.15) is 6.61 Å². The van der Waals surface area contributed by atoms with E-state index in [1.165, 1.54) is 148 Å². The summed E-state index contributed by atoms with van der Waals surface area (Å²) in [6, 6.07) is 0. The van der Waals surface area contributed by atoms with Crippen molar-refractivity contribution in [2.75, 3.05) is 13.2 Å². The minimum atomic E-state index is -4.75. The van der Waals surface area contributed by atoms with Crippen LogP contribution in [-0.2, 0) is 28.2 Å². The normalized spacial score (nSPS) is 12.5. The first-order valence-corrected chi connectivity index (χ1v) is 23.0. The number of carbonyl (C=O) groups excluding carboxylic acids is 2. The van der Waals surface area contributed by atoms with Crippen LogP contribution in [-0.4, -0.2) is 41.0 Å². The van der Waals surface area contributed by atoms with E-state index in [4.69, 9.17) is 19.3 Å². The second-order valence-electron chi connectivity index (χ2n) is 14.7. The third kappa shape index (κ3) is 41.4. The zero-order valence-corrected chi connectivity index (χ0v) is 34.2. The minimum absolute atomic E-state index is 0.217. The molecule has 0 aromatic carbocycles. The van der Waals surface area contributed by atoms with Gasteiger partial charge in [-0.3, -0.25) is 14.1 Å². The Bertz CT molecular complexity index is 843. The maximum atomic E-state index is 12.4. The fourth-order valence-corrected chi connectivity index (χ4v) is 6.67. The third-order valence-corrected chi connectivity index (χ3v) is 10.0. The summed E-state index contributed by atoms with van der Waals surface area (Å²) in [5, 5.41) is 0. The van der Waals surface area contributed by atoms with Gasteiger partial charge in [-0.2, -0.15) is 0 Å². The van der Waals surface area contributed by atoms with E-state index < -0.39 is 32.5 Å². The molecule has 0 aliphatic heterocycles. The lowest BCUT2D eigenvalue weighted by Gasteiger charge is -2.18. The largest absolute Gasteiger partial charge is 0.469 e. The molecule has 0 radical (unpaired) electrons. The fourth-order valence-electron chi connectivity index (χ4n) is 6.31. The van der Waals surface area contributed by atoms with Gasteiger partial charge in [-0.15, -0.1) is 0 Å². The average molecular weight is 745 g/mol. The Labute approximate surface area is 314 Å². The van der Waals surface area contributed by atoms with Crippen molar-refractivity contribution < 1.29 is 37.9 Å². The Kier molecular flexibility index (Phi) is 37.6. The van der Waals surface area contributed by atoms with E-state index in [-0.39, 0.29) is 19.4 Å². The Balaban J connectivity index is 3.88. The molecule has 0 saturated heterocycles. The number of allylic oxidation sites excluding steroid dienone is 2. The quantitative estimate of drug-likeness (QED) is 0.0275. The van der Waals surface area contributed by atoms with Gasteiger partial charge in [0.15, 0.2) is 6.10 Å². The molecule has 9 heteroatoms. The zero-order chi connectivity index (χ0) is 37.5. The van der Waals surface area contributed by atoms with Gasteiger partial charge in [0.2, 0.25) is 0 Å². The van der Waals surface area contributed by atoms with Crippen LogP contribution in [0, 0.1) is 0 Å². The van der Waals surface area contributed by atoms with Crippen molar-refractivity contribution in [1.82, 2.24) is 0 Å². The molecule has 0 bridgehead atoms. The summed E-state index contributed by atoms with van der Waals surface area (Å²) >= 11 is 0. The summed E-state index contributed by atoms with van der Waals surface area (Å²) in [6.07, 6.45) is 42.1. The molecular formula is C42H81O8P. The van der Waals surface area contributed by atoms with Crippen molar-refractivity contribution in [2.24, 2.45) is 0 Å². The Morgan fingerprint density at radius 2 is 0.824 bits per heavy atom. The molecule has 0 spiro atoms. The minimum Gasteiger partial charge on any atom is -0.462 e. The zero-order valence-electron chi connectivity index (χ0n) is 33.3. The Morgan fingerprint density at radius 1 is 0.490 bits per heavy atom. The molecule has 1 atom stereocenters. The summed E-state index contributed by atoms with van der Waals surface area (Å²) in [5.74, 6) is -0.877. The summed E-state index contributed by atoms with van der Waals surface area (Å²) < 4.78 is 26.4. The molecule has 0 aromatic rings. The van der Waals surface area contributed by atoms with Crippen molar-refractivity contribution in [3.05, 3.63) is 12.2 Å². The number of ether oxygens (including phenoxy) is 2. The number of phosphoric acid groups is 1. The van der Waals surface area contributed by atoms with E-state index in [9.17, 15) is 14.2 Å². The summed E-state index contributed by atoms with van der Waals surface area (Å²) in [7, 11) is -4.75. The number of phosphoric ester groups is 1. The van der Waals surface area contributed by atoms with Crippen molar-refractivity contribution in [3.63, 3.8) is 0 Å². The highest BCUT2D eigenvalue weighted by Gasteiger charge is 2.22. The van der Waals surface area contributed by atoms with Gasteiger partial charge in [-0.25, -0.2) is 4.57 Å². The van der Waals surface area contributed by atoms with Crippen molar-refractivity contribution in [3.8, 4) is 0 Å². The number of rotatable bonds is 40. The summed E-state index contributed by atoms with van der Waals surface area (Å²) in [6.45, 7) is 3.70. The molecule has 0 aliphatic carbocycles. The van der Waals surface area contributed by atoms with Crippen LogP contribution in [0.5, 0.6) is 0 Å². The van der Waals surface area contributed by atoms with Crippen LogP contribution in [0.15, 0.2) is 12.2 Å². The van der Waals surface area contributed by atoms with E-state index in [1.54, 1.807) is 0 Å². The lowest BCUT2D eigenvalue weighted by Crippen LogP contribution is -2.29. The average Bonchev–Trinajstić information content (AvgIpc) is 3.10. The lowest BCUT2D eigenvalue weighted by atomic mass is 10.0. The van der Waals surface area contributed by atoms with Crippen molar-refractivity contribution in [1.29, 1.82) is 0 Å². The maximum Gasteiger partial charge on any atom is 0.469 e. The fraction of sp³-hybridized carbons (Fsp3) is 0.905. The number of carbonyl (C=O) groups is 2. The standard InChI is InChI=1S/C42H81O8P/c1-3-5-7-9-11-13-15-17-19-21-23-24-26-28-30-32-34-36-41(43)48-38-40(39-49-51(45,46)47)50-42(44)37-35-33-31-29-27-25-22-20-18-16-14-12-10-8-6-4-2/h17,19,40H,3-16,18,20-39H2,1-2H3,(H2,45,46,47)/b19-17+/t40-/m1/s1. The first-order valence-electron chi connectivity index (χ1n) is 21.5. The second kappa shape index (κ2) is 38.5. The van der Waals surface area contributed by atoms with Crippen LogP contribution in [0.3, 0.4) is 0 Å². The molecule has 8 nitrogen and oxygen atoms in total.